The van der Waals surface area contributed by atoms with E-state index in [0.29, 0.717) is 17.9 Å². The number of hydrogen-bond donors (Lipinski definition) is 0. The summed E-state index contributed by atoms with van der Waals surface area (Å²) in [5.41, 5.74) is 1.88. The molecule has 2 heterocycles. The third kappa shape index (κ3) is 2.76. The third-order valence-electron chi connectivity index (χ3n) is 3.23. The molecule has 0 bridgehead atoms. The quantitative estimate of drug-likeness (QED) is 0.741. The van der Waals surface area contributed by atoms with Gasteiger partial charge in [-0.25, -0.2) is 4.98 Å². The monoisotopic (exact) mass is 288 g/mol. The van der Waals surface area contributed by atoms with E-state index in [1.54, 1.807) is 29.0 Å². The number of nitrogens with zero attached hydrogens (tertiary/aromatic N) is 4. The van der Waals surface area contributed by atoms with Crippen LogP contribution in [0.4, 0.5) is 0 Å². The molecule has 0 saturated carbocycles. The fourth-order valence-electron chi connectivity index (χ4n) is 2.20. The van der Waals surface area contributed by atoms with Gasteiger partial charge in [-0.15, -0.1) is 0 Å². The van der Waals surface area contributed by atoms with Crippen molar-refractivity contribution in [1.29, 1.82) is 5.26 Å². The minimum Gasteiger partial charge on any atom is -0.287 e. The Morgan fingerprint density at radius 3 is 2.73 bits per heavy atom. The molecule has 106 valence electrons. The number of rotatable bonds is 3. The smallest absolute Gasteiger partial charge is 0.254 e. The lowest BCUT2D eigenvalue weighted by molar-refractivity contribution is 0.729. The first-order valence-electron chi connectivity index (χ1n) is 6.74. The summed E-state index contributed by atoms with van der Waals surface area (Å²) in [4.78, 5) is 20.8. The van der Waals surface area contributed by atoms with Gasteiger partial charge in [-0.05, 0) is 24.3 Å². The fraction of sp³-hybridized carbons (Fsp3) is 0.0588. The summed E-state index contributed by atoms with van der Waals surface area (Å²) < 4.78 is 1.55. The second kappa shape index (κ2) is 6.02. The Hall–Kier alpha value is -3.26. The van der Waals surface area contributed by atoms with Crippen molar-refractivity contribution in [2.24, 2.45) is 0 Å². The Kier molecular flexibility index (Phi) is 3.75. The van der Waals surface area contributed by atoms with Crippen LogP contribution >= 0.6 is 0 Å². The highest BCUT2D eigenvalue weighted by Crippen LogP contribution is 2.17. The Morgan fingerprint density at radius 2 is 1.95 bits per heavy atom. The van der Waals surface area contributed by atoms with Gasteiger partial charge in [-0.2, -0.15) is 5.26 Å². The summed E-state index contributed by atoms with van der Waals surface area (Å²) in [6, 6.07) is 16.1. The molecule has 3 rings (SSSR count). The second-order valence-corrected chi connectivity index (χ2v) is 4.71. The molecular formula is C17H12N4O. The molecule has 0 amide bonds. The Labute approximate surface area is 127 Å². The highest BCUT2D eigenvalue weighted by atomic mass is 16.1. The van der Waals surface area contributed by atoms with E-state index in [4.69, 9.17) is 5.26 Å². The summed E-state index contributed by atoms with van der Waals surface area (Å²) in [7, 11) is 0. The van der Waals surface area contributed by atoms with Crippen LogP contribution in [0.25, 0.3) is 11.4 Å². The summed E-state index contributed by atoms with van der Waals surface area (Å²) in [5.74, 6) is 0.523. The van der Waals surface area contributed by atoms with Gasteiger partial charge >= 0.3 is 0 Å². The average molecular weight is 288 g/mol. The SMILES string of the molecule is N#Cc1cccc(-c2nccc(=O)n2Cc2ccccn2)c1. The molecular weight excluding hydrogens is 276 g/mol. The van der Waals surface area contributed by atoms with Crippen molar-refractivity contribution in [2.45, 2.75) is 6.54 Å². The van der Waals surface area contributed by atoms with Crippen LogP contribution in [0.15, 0.2) is 65.7 Å². The largest absolute Gasteiger partial charge is 0.287 e. The van der Waals surface area contributed by atoms with Crippen molar-refractivity contribution in [3.63, 3.8) is 0 Å². The van der Waals surface area contributed by atoms with Crippen molar-refractivity contribution in [3.8, 4) is 17.5 Å². The Bertz CT molecular complexity index is 894. The Morgan fingerprint density at radius 1 is 1.05 bits per heavy atom. The standard InChI is InChI=1S/C17H12N4O/c18-11-13-4-3-5-14(10-13)17-20-9-7-16(22)21(17)12-15-6-1-2-8-19-15/h1-10H,12H2. The molecule has 5 nitrogen and oxygen atoms in total. The maximum Gasteiger partial charge on any atom is 0.254 e. The van der Waals surface area contributed by atoms with Crippen LogP contribution < -0.4 is 5.56 Å². The van der Waals surface area contributed by atoms with Crippen LogP contribution in [0.1, 0.15) is 11.3 Å². The zero-order valence-electron chi connectivity index (χ0n) is 11.7. The molecule has 0 N–H and O–H groups in total. The lowest BCUT2D eigenvalue weighted by Gasteiger charge is -2.11. The lowest BCUT2D eigenvalue weighted by atomic mass is 10.1. The Balaban J connectivity index is 2.11. The zero-order chi connectivity index (χ0) is 15.4. The van der Waals surface area contributed by atoms with Crippen molar-refractivity contribution in [2.75, 3.05) is 0 Å². The number of pyridine rings is 1. The first-order valence-corrected chi connectivity index (χ1v) is 6.74. The van der Waals surface area contributed by atoms with Gasteiger partial charge in [-0.1, -0.05) is 18.2 Å². The molecule has 22 heavy (non-hydrogen) atoms. The molecule has 0 unspecified atom stereocenters. The van der Waals surface area contributed by atoms with E-state index < -0.39 is 0 Å². The van der Waals surface area contributed by atoms with Gasteiger partial charge in [0.1, 0.15) is 5.82 Å². The van der Waals surface area contributed by atoms with Gasteiger partial charge in [0.15, 0.2) is 0 Å². The summed E-state index contributed by atoms with van der Waals surface area (Å²) >= 11 is 0. The number of benzene rings is 1. The molecule has 1 aromatic carbocycles. The van der Waals surface area contributed by atoms with E-state index >= 15 is 0 Å². The third-order valence-corrected chi connectivity index (χ3v) is 3.23. The van der Waals surface area contributed by atoms with E-state index in [-0.39, 0.29) is 5.56 Å². The topological polar surface area (TPSA) is 71.6 Å². The number of nitriles is 1. The maximum atomic E-state index is 12.2. The van der Waals surface area contributed by atoms with Gasteiger partial charge in [0, 0.05) is 24.0 Å². The van der Waals surface area contributed by atoms with Crippen molar-refractivity contribution in [1.82, 2.24) is 14.5 Å². The van der Waals surface area contributed by atoms with Crippen molar-refractivity contribution >= 4 is 0 Å². The summed E-state index contributed by atoms with van der Waals surface area (Å²) in [6.45, 7) is 0.333. The molecule has 0 fully saturated rings. The molecule has 0 aliphatic heterocycles. The molecule has 3 aromatic rings. The minimum atomic E-state index is -0.155. The predicted molar refractivity (Wildman–Crippen MR) is 82.0 cm³/mol. The molecule has 5 heteroatoms. The normalized spacial score (nSPS) is 10.1. The van der Waals surface area contributed by atoms with Gasteiger partial charge < -0.3 is 0 Å². The zero-order valence-corrected chi connectivity index (χ0v) is 11.7. The highest BCUT2D eigenvalue weighted by Gasteiger charge is 2.09. The van der Waals surface area contributed by atoms with Crippen LogP contribution in [0.3, 0.4) is 0 Å². The van der Waals surface area contributed by atoms with Gasteiger partial charge in [0.2, 0.25) is 0 Å². The van der Waals surface area contributed by atoms with Crippen LogP contribution in [-0.4, -0.2) is 14.5 Å². The van der Waals surface area contributed by atoms with Crippen molar-refractivity contribution in [3.05, 3.63) is 82.5 Å². The number of hydrogen-bond acceptors (Lipinski definition) is 4. The molecule has 0 saturated heterocycles. The van der Waals surface area contributed by atoms with Crippen LogP contribution in [0, 0.1) is 11.3 Å². The first kappa shape index (κ1) is 13.7. The van der Waals surface area contributed by atoms with Crippen LogP contribution in [-0.2, 0) is 6.54 Å². The predicted octanol–water partition coefficient (Wildman–Crippen LogP) is 2.23. The fourth-order valence-corrected chi connectivity index (χ4v) is 2.20. The van der Waals surface area contributed by atoms with Crippen molar-refractivity contribution < 1.29 is 0 Å². The molecule has 2 aromatic heterocycles. The maximum absolute atomic E-state index is 12.2. The van der Waals surface area contributed by atoms with Gasteiger partial charge in [0.05, 0.1) is 23.9 Å². The minimum absolute atomic E-state index is 0.155. The summed E-state index contributed by atoms with van der Waals surface area (Å²) in [6.07, 6.45) is 3.17. The second-order valence-electron chi connectivity index (χ2n) is 4.71. The van der Waals surface area contributed by atoms with Crippen LogP contribution in [0.2, 0.25) is 0 Å². The highest BCUT2D eigenvalue weighted by molar-refractivity contribution is 5.58. The molecule has 0 spiro atoms. The average Bonchev–Trinajstić information content (AvgIpc) is 2.58. The summed E-state index contributed by atoms with van der Waals surface area (Å²) in [5, 5.41) is 9.02. The molecule has 0 radical (unpaired) electrons. The first-order chi connectivity index (χ1) is 10.8. The van der Waals surface area contributed by atoms with E-state index in [0.717, 1.165) is 11.3 Å². The molecule has 0 aliphatic carbocycles. The lowest BCUT2D eigenvalue weighted by Crippen LogP contribution is -2.22. The van der Waals surface area contributed by atoms with E-state index in [1.807, 2.05) is 24.3 Å². The van der Waals surface area contributed by atoms with Gasteiger partial charge in [-0.3, -0.25) is 14.3 Å². The van der Waals surface area contributed by atoms with E-state index in [9.17, 15) is 4.79 Å². The van der Waals surface area contributed by atoms with E-state index in [2.05, 4.69) is 16.0 Å². The van der Waals surface area contributed by atoms with Gasteiger partial charge in [0.25, 0.3) is 5.56 Å². The number of aromatic nitrogens is 3. The molecule has 0 aliphatic rings. The molecule has 0 atom stereocenters. The van der Waals surface area contributed by atoms with E-state index in [1.165, 1.54) is 12.3 Å². The van der Waals surface area contributed by atoms with Crippen LogP contribution in [0.5, 0.6) is 0 Å².